The molecule has 0 amide bonds. The molecule has 125 heavy (non-hydrogen) atoms. The lowest BCUT2D eigenvalue weighted by atomic mass is 10.1. The lowest BCUT2D eigenvalue weighted by Gasteiger charge is -2.18. The van der Waals surface area contributed by atoms with Gasteiger partial charge in [-0.05, 0) is 160 Å². The lowest BCUT2D eigenvalue weighted by Crippen LogP contribution is -2.31. The molecule has 0 bridgehead atoms. The Morgan fingerprint density at radius 2 is 0.640 bits per heavy atom. The summed E-state index contributed by atoms with van der Waals surface area (Å²) < 4.78 is 99.7. The number of nitrogens with one attached hydrogen (secondary N) is 6. The van der Waals surface area contributed by atoms with Gasteiger partial charge in [-0.25, -0.2) is 34.5 Å². The number of azo groups is 4. The third-order valence-corrected chi connectivity index (χ3v) is 19.0. The number of nitrogens with zero attached hydrogens (tertiary/aromatic N) is 14. The molecule has 0 saturated heterocycles. The van der Waals surface area contributed by atoms with E-state index in [1.165, 1.54) is 152 Å². The number of aromatic carboxylic acids is 4. The van der Waals surface area contributed by atoms with Crippen LogP contribution in [0.5, 0.6) is 23.0 Å². The Balaban J connectivity index is 0.985. The number of carbonyl (C=O) groups is 5. The first-order chi connectivity index (χ1) is 60.2. The van der Waals surface area contributed by atoms with Crippen molar-refractivity contribution in [1.29, 1.82) is 0 Å². The summed E-state index contributed by atoms with van der Waals surface area (Å²) in [5, 5.41) is 126. The molecule has 1 atom stereocenters. The van der Waals surface area contributed by atoms with Gasteiger partial charge in [-0.3, -0.25) is 9.11 Å². The largest absolute Gasteiger partial charge is 0.491 e. The molecular weight excluding hydrogens is 1730 g/mol. The number of aromatic nitrogens is 6. The summed E-state index contributed by atoms with van der Waals surface area (Å²) in [5.74, 6) is -8.21. The van der Waals surface area contributed by atoms with Gasteiger partial charge in [0.25, 0.3) is 20.2 Å². The highest BCUT2D eigenvalue weighted by atomic mass is 32.2. The van der Waals surface area contributed by atoms with Crippen molar-refractivity contribution in [3.8, 4) is 23.0 Å². The molecule has 0 saturated carbocycles. The predicted octanol–water partition coefficient (Wildman–Crippen LogP) is 16.2. The van der Waals surface area contributed by atoms with Gasteiger partial charge in [0.15, 0.2) is 0 Å². The molecule has 10 aromatic rings. The van der Waals surface area contributed by atoms with Gasteiger partial charge in [0, 0.05) is 66.4 Å². The molecule has 10 rings (SSSR count). The predicted molar refractivity (Wildman–Crippen MR) is 449 cm³/mol. The Labute approximate surface area is 716 Å². The van der Waals surface area contributed by atoms with Crippen LogP contribution in [0, 0.1) is 0 Å². The number of rotatable bonds is 52. The molecule has 15 N–H and O–H groups in total. The van der Waals surface area contributed by atoms with E-state index in [0.717, 1.165) is 24.1 Å². The van der Waals surface area contributed by atoms with Gasteiger partial charge in [0.1, 0.15) is 29.0 Å². The van der Waals surface area contributed by atoms with Crippen LogP contribution in [0.15, 0.2) is 211 Å². The minimum Gasteiger partial charge on any atom is -0.491 e. The smallest absolute Gasteiger partial charge is 0.335 e. The van der Waals surface area contributed by atoms with E-state index in [4.69, 9.17) is 29.5 Å². The van der Waals surface area contributed by atoms with Crippen LogP contribution in [0.25, 0.3) is 0 Å². The average Bonchev–Trinajstić information content (AvgIpc) is 0.817. The average molecular weight is 1800 g/mol. The minimum atomic E-state index is -4.44. The summed E-state index contributed by atoms with van der Waals surface area (Å²) in [6.07, 6.45) is 0.0345. The van der Waals surface area contributed by atoms with Crippen LogP contribution in [0.2, 0.25) is 0 Å². The molecule has 0 spiro atoms. The van der Waals surface area contributed by atoms with Gasteiger partial charge in [0.05, 0.1) is 128 Å². The van der Waals surface area contributed by atoms with Gasteiger partial charge in [-0.2, -0.15) is 87.7 Å². The lowest BCUT2D eigenvalue weighted by molar-refractivity contribution is -0.432. The van der Waals surface area contributed by atoms with Crippen LogP contribution in [0.3, 0.4) is 0 Å². The molecule has 0 radical (unpaired) electrons. The highest BCUT2D eigenvalue weighted by Gasteiger charge is 2.23. The van der Waals surface area contributed by atoms with E-state index in [1.807, 2.05) is 0 Å². The molecule has 654 valence electrons. The molecule has 0 fully saturated rings. The van der Waals surface area contributed by atoms with Crippen molar-refractivity contribution < 1.29 is 124 Å². The van der Waals surface area contributed by atoms with Gasteiger partial charge < -0.3 is 76.4 Å². The van der Waals surface area contributed by atoms with E-state index < -0.39 is 67.6 Å². The van der Waals surface area contributed by atoms with Gasteiger partial charge in [-0.1, -0.05) is 34.3 Å². The molecule has 1 unspecified atom stereocenters. The Bertz CT molecular complexity index is 5830. The first-order valence-electron chi connectivity index (χ1n) is 36.7. The van der Waals surface area contributed by atoms with E-state index in [2.05, 4.69) is 121 Å². The Hall–Kier alpha value is -14.2. The molecular formula is C75H74N20O26S4. The van der Waals surface area contributed by atoms with E-state index >= 15 is 0 Å². The molecule has 0 aliphatic carbocycles. The number of ether oxygens (including phenoxy) is 4. The fourth-order valence-corrected chi connectivity index (χ4v) is 12.2. The topological polar surface area (TPSA) is 658 Å². The van der Waals surface area contributed by atoms with Gasteiger partial charge in [0.2, 0.25) is 35.7 Å². The van der Waals surface area contributed by atoms with Crippen molar-refractivity contribution in [1.82, 2.24) is 29.9 Å². The molecule has 2 heterocycles. The van der Waals surface area contributed by atoms with Gasteiger partial charge in [-0.15, -0.1) is 8.67 Å². The summed E-state index contributed by atoms with van der Waals surface area (Å²) in [6, 6.07) is 39.0. The summed E-state index contributed by atoms with van der Waals surface area (Å²) >= 11 is 1.56. The number of hydrogen-bond donors (Lipinski definition) is 15. The van der Waals surface area contributed by atoms with Crippen molar-refractivity contribution >= 4 is 178 Å². The summed E-state index contributed by atoms with van der Waals surface area (Å²) in [7, 11) is -8.87. The quantitative estimate of drug-likeness (QED) is 0.00420. The molecule has 2 aromatic heterocycles. The van der Waals surface area contributed by atoms with Crippen LogP contribution in [-0.2, 0) is 43.8 Å². The van der Waals surface area contributed by atoms with E-state index in [9.17, 15) is 75.4 Å². The van der Waals surface area contributed by atoms with E-state index in [1.54, 1.807) is 18.2 Å². The first kappa shape index (κ1) is 93.1. The maximum Gasteiger partial charge on any atom is 0.335 e. The zero-order valence-corrected chi connectivity index (χ0v) is 68.0. The molecule has 0 aliphatic rings. The fraction of sp³-hybridized carbons (Fsp3) is 0.213. The molecule has 50 heteroatoms. The highest BCUT2D eigenvalue weighted by Crippen LogP contribution is 2.39. The maximum atomic E-state index is 13.5. The Morgan fingerprint density at radius 3 is 0.920 bits per heavy atom. The van der Waals surface area contributed by atoms with Crippen molar-refractivity contribution in [2.24, 2.45) is 40.9 Å². The number of carboxylic acids is 5. The second-order valence-electron chi connectivity index (χ2n) is 25.5. The maximum absolute atomic E-state index is 13.5. The number of aliphatic carboxylic acids is 1. The monoisotopic (exact) mass is 1800 g/mol. The number of hydrogen-bond acceptors (Lipinski definition) is 41. The van der Waals surface area contributed by atoms with Crippen molar-refractivity contribution in [2.45, 2.75) is 44.6 Å². The number of benzene rings is 8. The molecule has 8 aromatic carbocycles. The SMILES string of the molecule is O=C(O)c1cccc(N=Nc2ccc(Nc3nc(NCCCC(Nc4nc(Nc5ccc(N=Nc6cccc(C(=O)O)c6)cc5OCCCSOOO)nc(Nc5ccc(N=Nc6cccc(C(=O)O)c6)cc5OCCCS(=O)(=O)O)n4)C(=O)O)nc(Nc4ccc(N=Nc5cccc(C(=O)O)c5)cc4OCCCS(=O)(=O)O)n3)c(OCCCSOOO)c2)c1. The standard InChI is InChI=1S/C75H74N20O26S4/c96-65(97)44-10-1-14-48(36-44)88-92-52-19-23-56(61(40-52)114-28-6-32-122-120-118-106)77-71-82-70(83-72(84-71)78-58-25-21-54(42-63(58)116-30-8-34-124(108,109)110)94-90-50-16-3-12-46(38-50)67(100)101)76-27-5-18-60(69(104)105)81-75-86-73(79-57-24-20-53(41-62(57)115-29-7-33-123-121-119-107)93-89-49-15-2-11-45(37-49)66(98)99)85-74(87-75)80-59-26-22-55(43-64(59)117-31-9-35-125(111,112)113)95-91-51-17-4-13-47(39-51)68(102)103/h1-4,10-17,19-26,36-43,60,106-107H,5-9,18,27-35H2,(H,96,97)(H,98,99)(H,100,101)(H,102,103)(H,104,105)(H,108,109,110)(H,111,112,113)(H3,76,77,78,82,83,84)(H3,79,80,81,85,86,87). The van der Waals surface area contributed by atoms with Crippen LogP contribution in [-0.4, -0.2) is 184 Å². The van der Waals surface area contributed by atoms with E-state index in [0.29, 0.717) is 12.8 Å². The second-order valence-corrected chi connectivity index (χ2v) is 30.2. The van der Waals surface area contributed by atoms with E-state index in [-0.39, 0.29) is 219 Å². The first-order valence-corrected chi connectivity index (χ1v) is 41.7. The Kier molecular flexibility index (Phi) is 34.8. The summed E-state index contributed by atoms with van der Waals surface area (Å²) in [5.41, 5.74) is 1.95. The van der Waals surface area contributed by atoms with Crippen LogP contribution in [0.4, 0.5) is 104 Å². The molecule has 0 aliphatic heterocycles. The third-order valence-electron chi connectivity index (χ3n) is 16.2. The number of carboxylic acid groups (broad SMARTS) is 5. The van der Waals surface area contributed by atoms with Crippen LogP contribution >= 0.6 is 24.1 Å². The molecule has 46 nitrogen and oxygen atoms in total. The minimum absolute atomic E-state index is 0.00297. The third kappa shape index (κ3) is 31.7. The highest BCUT2D eigenvalue weighted by molar-refractivity contribution is 7.94. The van der Waals surface area contributed by atoms with Gasteiger partial charge >= 0.3 is 29.8 Å². The summed E-state index contributed by atoms with van der Waals surface area (Å²) in [6.45, 7) is -0.626. The van der Waals surface area contributed by atoms with Crippen LogP contribution in [0.1, 0.15) is 80.0 Å². The van der Waals surface area contributed by atoms with Crippen molar-refractivity contribution in [2.75, 3.05) is 87.9 Å². The zero-order valence-electron chi connectivity index (χ0n) is 64.7. The Morgan fingerprint density at radius 1 is 0.360 bits per heavy atom. The van der Waals surface area contributed by atoms with Crippen LogP contribution < -0.4 is 50.8 Å². The zero-order chi connectivity index (χ0) is 89.1. The number of anilines is 10. The van der Waals surface area contributed by atoms with Crippen molar-refractivity contribution in [3.63, 3.8) is 0 Å². The second kappa shape index (κ2) is 46.7. The fourth-order valence-electron chi connectivity index (χ4n) is 10.5. The summed E-state index contributed by atoms with van der Waals surface area (Å²) in [4.78, 5) is 88.2. The normalized spacial score (nSPS) is 11.8. The van der Waals surface area contributed by atoms with Crippen molar-refractivity contribution in [3.05, 3.63) is 192 Å².